The molecule has 0 aromatic heterocycles. The third-order valence-corrected chi connectivity index (χ3v) is 2.58. The molecular formula is C10H18N4O2. The minimum atomic E-state index is -0.675. The van der Waals surface area contributed by atoms with Crippen molar-refractivity contribution < 1.29 is 9.63 Å². The fourth-order valence-corrected chi connectivity index (χ4v) is 1.65. The Morgan fingerprint density at radius 3 is 2.81 bits per heavy atom. The van der Waals surface area contributed by atoms with Crippen molar-refractivity contribution in [3.63, 3.8) is 0 Å². The maximum Gasteiger partial charge on any atom is 0.333 e. The summed E-state index contributed by atoms with van der Waals surface area (Å²) in [5, 5.41) is 5.13. The highest BCUT2D eigenvalue weighted by Crippen LogP contribution is 2.12. The fourth-order valence-electron chi connectivity index (χ4n) is 1.65. The number of rotatable bonds is 6. The van der Waals surface area contributed by atoms with E-state index in [1.165, 1.54) is 0 Å². The number of nitrogens with zero attached hydrogens (tertiary/aromatic N) is 4. The van der Waals surface area contributed by atoms with Crippen LogP contribution >= 0.6 is 0 Å². The van der Waals surface area contributed by atoms with Crippen molar-refractivity contribution in [3.8, 4) is 0 Å². The van der Waals surface area contributed by atoms with E-state index in [0.717, 1.165) is 38.8 Å². The Bertz CT molecular complexity index is 270. The summed E-state index contributed by atoms with van der Waals surface area (Å²) in [5.74, 6) is -0.423. The quantitative estimate of drug-likeness (QED) is 0.396. The van der Waals surface area contributed by atoms with Gasteiger partial charge in [0.2, 0.25) is 0 Å². The monoisotopic (exact) mass is 226 g/mol. The van der Waals surface area contributed by atoms with Gasteiger partial charge in [0.15, 0.2) is 0 Å². The van der Waals surface area contributed by atoms with Crippen LogP contribution in [0, 0.1) is 0 Å². The highest BCUT2D eigenvalue weighted by Gasteiger charge is 2.23. The molecule has 0 aromatic carbocycles. The number of hydrogen-bond acceptors (Lipinski definition) is 4. The average molecular weight is 226 g/mol. The first-order valence-electron chi connectivity index (χ1n) is 5.79. The SMILES string of the molecule is CCCCC(N=[N+]=[N-])C(=O)ON1CCCC1. The number of azide groups is 1. The van der Waals surface area contributed by atoms with Crippen LogP contribution in [0.25, 0.3) is 10.4 Å². The van der Waals surface area contributed by atoms with Crippen LogP contribution in [0.5, 0.6) is 0 Å². The van der Waals surface area contributed by atoms with Crippen LogP contribution in [0.2, 0.25) is 0 Å². The number of carbonyl (C=O) groups excluding carboxylic acids is 1. The lowest BCUT2D eigenvalue weighted by Crippen LogP contribution is -2.30. The third kappa shape index (κ3) is 4.08. The second kappa shape index (κ2) is 7.09. The van der Waals surface area contributed by atoms with E-state index in [1.54, 1.807) is 5.06 Å². The van der Waals surface area contributed by atoms with Gasteiger partial charge in [0, 0.05) is 18.0 Å². The van der Waals surface area contributed by atoms with Gasteiger partial charge in [-0.15, -0.1) is 5.06 Å². The summed E-state index contributed by atoms with van der Waals surface area (Å²) in [6.45, 7) is 3.59. The number of unbranched alkanes of at least 4 members (excludes halogenated alkanes) is 1. The normalized spacial score (nSPS) is 17.8. The van der Waals surface area contributed by atoms with Gasteiger partial charge in [0.05, 0.1) is 0 Å². The summed E-state index contributed by atoms with van der Waals surface area (Å²) in [4.78, 5) is 19.5. The molecule has 1 aliphatic rings. The molecule has 1 atom stereocenters. The van der Waals surface area contributed by atoms with Crippen LogP contribution in [0.3, 0.4) is 0 Å². The van der Waals surface area contributed by atoms with Crippen LogP contribution in [0.1, 0.15) is 39.0 Å². The molecule has 90 valence electrons. The molecule has 1 rings (SSSR count). The van der Waals surface area contributed by atoms with Gasteiger partial charge in [-0.3, -0.25) is 0 Å². The average Bonchev–Trinajstić information content (AvgIpc) is 2.76. The van der Waals surface area contributed by atoms with Gasteiger partial charge in [0.25, 0.3) is 0 Å². The molecule has 0 bridgehead atoms. The van der Waals surface area contributed by atoms with Crippen molar-refractivity contribution >= 4 is 5.97 Å². The Labute approximate surface area is 95.1 Å². The summed E-state index contributed by atoms with van der Waals surface area (Å²) < 4.78 is 0. The lowest BCUT2D eigenvalue weighted by atomic mass is 10.1. The molecule has 1 fully saturated rings. The predicted molar refractivity (Wildman–Crippen MR) is 59.4 cm³/mol. The standard InChI is InChI=1S/C10H18N4O2/c1-2-3-6-9(12-13-11)10(15)16-14-7-4-5-8-14/h9H,2-8H2,1H3. The topological polar surface area (TPSA) is 78.3 Å². The van der Waals surface area contributed by atoms with Crippen LogP contribution in [0.4, 0.5) is 0 Å². The highest BCUT2D eigenvalue weighted by molar-refractivity contribution is 5.75. The molecule has 1 heterocycles. The summed E-state index contributed by atoms with van der Waals surface area (Å²) in [5.41, 5.74) is 8.38. The smallest absolute Gasteiger partial charge is 0.333 e. The van der Waals surface area contributed by atoms with Gasteiger partial charge in [0.1, 0.15) is 6.04 Å². The van der Waals surface area contributed by atoms with E-state index in [2.05, 4.69) is 10.0 Å². The van der Waals surface area contributed by atoms with Crippen LogP contribution in [0.15, 0.2) is 5.11 Å². The molecule has 0 aromatic rings. The second-order valence-electron chi connectivity index (χ2n) is 3.91. The Hall–Kier alpha value is -1.26. The van der Waals surface area contributed by atoms with E-state index in [1.807, 2.05) is 6.92 Å². The van der Waals surface area contributed by atoms with Gasteiger partial charge < -0.3 is 4.84 Å². The molecule has 0 amide bonds. The van der Waals surface area contributed by atoms with E-state index in [4.69, 9.17) is 10.4 Å². The number of carbonyl (C=O) groups is 1. The molecule has 1 unspecified atom stereocenters. The maximum atomic E-state index is 11.7. The molecule has 16 heavy (non-hydrogen) atoms. The van der Waals surface area contributed by atoms with E-state index >= 15 is 0 Å². The minimum Gasteiger partial charge on any atom is -0.367 e. The Balaban J connectivity index is 2.42. The van der Waals surface area contributed by atoms with Gasteiger partial charge in [-0.2, -0.15) is 0 Å². The molecule has 0 aliphatic carbocycles. The zero-order chi connectivity index (χ0) is 11.8. The van der Waals surface area contributed by atoms with Gasteiger partial charge >= 0.3 is 5.97 Å². The van der Waals surface area contributed by atoms with Crippen molar-refractivity contribution in [2.45, 2.75) is 45.1 Å². The maximum absolute atomic E-state index is 11.7. The van der Waals surface area contributed by atoms with Crippen molar-refractivity contribution in [2.24, 2.45) is 5.11 Å². The van der Waals surface area contributed by atoms with Gasteiger partial charge in [-0.1, -0.05) is 24.9 Å². The molecule has 0 saturated carbocycles. The summed E-state index contributed by atoms with van der Waals surface area (Å²) in [6.07, 6.45) is 4.49. The lowest BCUT2D eigenvalue weighted by molar-refractivity contribution is -0.187. The summed E-state index contributed by atoms with van der Waals surface area (Å²) in [6, 6.07) is -0.675. The predicted octanol–water partition coefficient (Wildman–Crippen LogP) is 2.41. The highest BCUT2D eigenvalue weighted by atomic mass is 16.7. The van der Waals surface area contributed by atoms with E-state index in [0.29, 0.717) is 6.42 Å². The number of hydroxylamine groups is 2. The Morgan fingerprint density at radius 2 is 2.25 bits per heavy atom. The molecule has 6 heteroatoms. The van der Waals surface area contributed by atoms with Crippen LogP contribution < -0.4 is 0 Å². The van der Waals surface area contributed by atoms with E-state index < -0.39 is 12.0 Å². The fraction of sp³-hybridized carbons (Fsp3) is 0.900. The van der Waals surface area contributed by atoms with E-state index in [-0.39, 0.29) is 0 Å². The van der Waals surface area contributed by atoms with Gasteiger partial charge in [-0.05, 0) is 24.8 Å². The Morgan fingerprint density at radius 1 is 1.56 bits per heavy atom. The van der Waals surface area contributed by atoms with Crippen molar-refractivity contribution in [1.29, 1.82) is 0 Å². The molecular weight excluding hydrogens is 208 g/mol. The third-order valence-electron chi connectivity index (χ3n) is 2.58. The van der Waals surface area contributed by atoms with Crippen molar-refractivity contribution in [2.75, 3.05) is 13.1 Å². The van der Waals surface area contributed by atoms with Gasteiger partial charge in [-0.25, -0.2) is 4.79 Å². The molecule has 6 nitrogen and oxygen atoms in total. The molecule has 0 N–H and O–H groups in total. The zero-order valence-corrected chi connectivity index (χ0v) is 9.63. The Kier molecular flexibility index (Phi) is 5.67. The van der Waals surface area contributed by atoms with Crippen molar-refractivity contribution in [3.05, 3.63) is 10.4 Å². The van der Waals surface area contributed by atoms with E-state index in [9.17, 15) is 4.79 Å². The first-order chi connectivity index (χ1) is 7.77. The minimum absolute atomic E-state index is 0.423. The molecule has 1 aliphatic heterocycles. The summed E-state index contributed by atoms with van der Waals surface area (Å²) in [7, 11) is 0. The zero-order valence-electron chi connectivity index (χ0n) is 9.63. The van der Waals surface area contributed by atoms with Crippen LogP contribution in [-0.2, 0) is 9.63 Å². The molecule has 1 saturated heterocycles. The first-order valence-corrected chi connectivity index (χ1v) is 5.79. The second-order valence-corrected chi connectivity index (χ2v) is 3.91. The number of hydrogen-bond donors (Lipinski definition) is 0. The summed E-state index contributed by atoms with van der Waals surface area (Å²) >= 11 is 0. The largest absolute Gasteiger partial charge is 0.367 e. The van der Waals surface area contributed by atoms with Crippen molar-refractivity contribution in [1.82, 2.24) is 5.06 Å². The molecule has 0 spiro atoms. The lowest BCUT2D eigenvalue weighted by Gasteiger charge is -2.17. The molecule has 0 radical (unpaired) electrons. The first kappa shape index (κ1) is 12.8. The van der Waals surface area contributed by atoms with Crippen LogP contribution in [-0.4, -0.2) is 30.2 Å².